The second-order valence-electron chi connectivity index (χ2n) is 5.58. The van der Waals surface area contributed by atoms with Gasteiger partial charge in [-0.15, -0.1) is 0 Å². The van der Waals surface area contributed by atoms with Gasteiger partial charge in [0.15, 0.2) is 0 Å². The predicted molar refractivity (Wildman–Crippen MR) is 84.1 cm³/mol. The number of piperazine rings is 1. The molecule has 2 N–H and O–H groups in total. The van der Waals surface area contributed by atoms with Crippen molar-refractivity contribution in [1.29, 1.82) is 0 Å². The number of nitrogens with two attached hydrogens (primary N) is 1. The first-order chi connectivity index (χ1) is 10.0. The highest BCUT2D eigenvalue weighted by atomic mass is 32.2. The van der Waals surface area contributed by atoms with E-state index >= 15 is 0 Å². The fourth-order valence-corrected chi connectivity index (χ4v) is 5.37. The van der Waals surface area contributed by atoms with Gasteiger partial charge in [0.2, 0.25) is 10.0 Å². The fraction of sp³-hybridized carbons (Fsp3) is 0.538. The molecule has 0 amide bonds. The predicted octanol–water partition coefficient (Wildman–Crippen LogP) is 0.122. The monoisotopic (exact) mass is 347 g/mol. The van der Waals surface area contributed by atoms with Gasteiger partial charge < -0.3 is 0 Å². The number of hydrogen-bond donors (Lipinski definition) is 1. The highest BCUT2D eigenvalue weighted by molar-refractivity contribution is 7.89. The van der Waals surface area contributed by atoms with E-state index in [-0.39, 0.29) is 26.2 Å². The van der Waals surface area contributed by atoms with E-state index in [1.165, 1.54) is 4.31 Å². The molecule has 1 heterocycles. The van der Waals surface area contributed by atoms with Crippen molar-refractivity contribution < 1.29 is 16.8 Å². The summed E-state index contributed by atoms with van der Waals surface area (Å²) < 4.78 is 50.6. The van der Waals surface area contributed by atoms with E-state index in [1.807, 2.05) is 19.1 Å². The highest BCUT2D eigenvalue weighted by Gasteiger charge is 2.33. The maximum Gasteiger partial charge on any atom is 0.276 e. The largest absolute Gasteiger partial charge is 0.276 e. The molecule has 1 aliphatic heterocycles. The van der Waals surface area contributed by atoms with E-state index in [4.69, 9.17) is 5.14 Å². The minimum Gasteiger partial charge on any atom is -0.216 e. The summed E-state index contributed by atoms with van der Waals surface area (Å²) in [5.74, 6) is 0. The molecule has 9 heteroatoms. The van der Waals surface area contributed by atoms with Crippen molar-refractivity contribution in [2.75, 3.05) is 26.2 Å². The molecular weight excluding hydrogens is 326 g/mol. The lowest BCUT2D eigenvalue weighted by Crippen LogP contribution is -2.52. The normalized spacial score (nSPS) is 18.5. The van der Waals surface area contributed by atoms with E-state index in [0.29, 0.717) is 16.0 Å². The van der Waals surface area contributed by atoms with Crippen LogP contribution in [0.15, 0.2) is 17.0 Å². The molecule has 7 nitrogen and oxygen atoms in total. The number of nitrogens with zero attached hydrogens (tertiary/aromatic N) is 2. The summed E-state index contributed by atoms with van der Waals surface area (Å²) >= 11 is 0. The SMILES string of the molecule is Cc1cc(C)c(S(=O)(=O)N2CCN(S(N)(=O)=O)CC2)c(C)c1. The molecule has 0 bridgehead atoms. The Kier molecular flexibility index (Phi) is 4.65. The number of rotatable bonds is 3. The Morgan fingerprint density at radius 1 is 0.864 bits per heavy atom. The first-order valence-electron chi connectivity index (χ1n) is 6.89. The van der Waals surface area contributed by atoms with E-state index in [9.17, 15) is 16.8 Å². The number of sulfonamides is 1. The number of hydrogen-bond acceptors (Lipinski definition) is 4. The summed E-state index contributed by atoms with van der Waals surface area (Å²) in [5, 5.41) is 5.07. The van der Waals surface area contributed by atoms with Gasteiger partial charge in [-0.25, -0.2) is 13.6 Å². The molecular formula is C13H21N3O4S2. The minimum absolute atomic E-state index is 0.0714. The second-order valence-corrected chi connectivity index (χ2v) is 9.00. The van der Waals surface area contributed by atoms with Gasteiger partial charge in [0.1, 0.15) is 0 Å². The molecule has 0 radical (unpaired) electrons. The van der Waals surface area contributed by atoms with E-state index in [2.05, 4.69) is 0 Å². The third-order valence-corrected chi connectivity index (χ3v) is 7.05. The van der Waals surface area contributed by atoms with Crippen LogP contribution in [0.5, 0.6) is 0 Å². The van der Waals surface area contributed by atoms with Crippen LogP contribution in [0.2, 0.25) is 0 Å². The second kappa shape index (κ2) is 5.89. The molecule has 0 atom stereocenters. The zero-order valence-electron chi connectivity index (χ0n) is 12.9. The van der Waals surface area contributed by atoms with Gasteiger partial charge >= 0.3 is 0 Å². The Morgan fingerprint density at radius 2 is 1.27 bits per heavy atom. The van der Waals surface area contributed by atoms with Crippen LogP contribution in [0, 0.1) is 20.8 Å². The molecule has 0 saturated carbocycles. The van der Waals surface area contributed by atoms with Gasteiger partial charge in [0.25, 0.3) is 10.2 Å². The number of benzene rings is 1. The Bertz CT molecular complexity index is 756. The van der Waals surface area contributed by atoms with Crippen LogP contribution < -0.4 is 5.14 Å². The lowest BCUT2D eigenvalue weighted by atomic mass is 10.1. The molecule has 0 spiro atoms. The summed E-state index contributed by atoms with van der Waals surface area (Å²) in [7, 11) is -7.41. The lowest BCUT2D eigenvalue weighted by Gasteiger charge is -2.32. The van der Waals surface area contributed by atoms with E-state index < -0.39 is 20.2 Å². The van der Waals surface area contributed by atoms with Crippen LogP contribution in [-0.2, 0) is 20.2 Å². The van der Waals surface area contributed by atoms with Crippen LogP contribution in [0.1, 0.15) is 16.7 Å². The van der Waals surface area contributed by atoms with E-state index in [1.54, 1.807) is 13.8 Å². The molecule has 0 unspecified atom stereocenters. The van der Waals surface area contributed by atoms with Crippen molar-refractivity contribution in [1.82, 2.24) is 8.61 Å². The topological polar surface area (TPSA) is 101 Å². The summed E-state index contributed by atoms with van der Waals surface area (Å²) in [6, 6.07) is 3.67. The molecule has 1 aromatic rings. The van der Waals surface area contributed by atoms with Gasteiger partial charge in [-0.05, 0) is 31.9 Å². The van der Waals surface area contributed by atoms with Crippen molar-refractivity contribution >= 4 is 20.2 Å². The lowest BCUT2D eigenvalue weighted by molar-refractivity contribution is 0.273. The van der Waals surface area contributed by atoms with Crippen LogP contribution in [-0.4, -0.2) is 51.6 Å². The zero-order chi connectivity index (χ0) is 16.7. The van der Waals surface area contributed by atoms with Crippen molar-refractivity contribution in [3.8, 4) is 0 Å². The smallest absolute Gasteiger partial charge is 0.216 e. The van der Waals surface area contributed by atoms with Crippen LogP contribution in [0.25, 0.3) is 0 Å². The Hall–Kier alpha value is -1.00. The van der Waals surface area contributed by atoms with E-state index in [0.717, 1.165) is 9.87 Å². The molecule has 124 valence electrons. The number of aryl methyl sites for hydroxylation is 3. The Balaban J connectivity index is 2.30. The van der Waals surface area contributed by atoms with Gasteiger partial charge in [0.05, 0.1) is 4.90 Å². The van der Waals surface area contributed by atoms with Crippen LogP contribution in [0.3, 0.4) is 0 Å². The molecule has 22 heavy (non-hydrogen) atoms. The standard InChI is InChI=1S/C13H21N3O4S2/c1-10-8-11(2)13(12(3)9-10)21(17,18)15-4-6-16(7-5-15)22(14,19)20/h8-9H,4-7H2,1-3H3,(H2,14,19,20). The molecule has 0 aromatic heterocycles. The summed E-state index contributed by atoms with van der Waals surface area (Å²) in [5.41, 5.74) is 2.41. The average Bonchev–Trinajstić information content (AvgIpc) is 2.36. The molecule has 1 aromatic carbocycles. The van der Waals surface area contributed by atoms with Crippen molar-refractivity contribution in [2.45, 2.75) is 25.7 Å². The van der Waals surface area contributed by atoms with Crippen LogP contribution in [0.4, 0.5) is 0 Å². The van der Waals surface area contributed by atoms with Crippen molar-refractivity contribution in [2.24, 2.45) is 5.14 Å². The van der Waals surface area contributed by atoms with Gasteiger partial charge in [-0.1, -0.05) is 17.7 Å². The average molecular weight is 347 g/mol. The summed E-state index contributed by atoms with van der Waals surface area (Å²) in [6.07, 6.45) is 0. The first kappa shape index (κ1) is 17.4. The summed E-state index contributed by atoms with van der Waals surface area (Å²) in [6.45, 7) is 5.81. The molecule has 0 aliphatic carbocycles. The van der Waals surface area contributed by atoms with Gasteiger partial charge in [0, 0.05) is 26.2 Å². The highest BCUT2D eigenvalue weighted by Crippen LogP contribution is 2.26. The van der Waals surface area contributed by atoms with Gasteiger partial charge in [-0.3, -0.25) is 0 Å². The summed E-state index contributed by atoms with van der Waals surface area (Å²) in [4.78, 5) is 0.308. The van der Waals surface area contributed by atoms with Gasteiger partial charge in [-0.2, -0.15) is 17.0 Å². The molecule has 1 saturated heterocycles. The maximum absolute atomic E-state index is 12.8. The quantitative estimate of drug-likeness (QED) is 0.839. The maximum atomic E-state index is 12.8. The molecule has 1 fully saturated rings. The zero-order valence-corrected chi connectivity index (χ0v) is 14.5. The fourth-order valence-electron chi connectivity index (χ4n) is 2.87. The molecule has 1 aliphatic rings. The minimum atomic E-state index is -3.77. The third-order valence-electron chi connectivity index (χ3n) is 3.76. The first-order valence-corrected chi connectivity index (χ1v) is 9.83. The molecule has 2 rings (SSSR count). The Morgan fingerprint density at radius 3 is 1.68 bits per heavy atom. The van der Waals surface area contributed by atoms with Crippen molar-refractivity contribution in [3.63, 3.8) is 0 Å². The van der Waals surface area contributed by atoms with Crippen molar-refractivity contribution in [3.05, 3.63) is 28.8 Å². The van der Waals surface area contributed by atoms with Crippen LogP contribution >= 0.6 is 0 Å². The Labute approximate surface area is 131 Å². The third kappa shape index (κ3) is 3.33.